The third-order valence-electron chi connectivity index (χ3n) is 8.00. The predicted molar refractivity (Wildman–Crippen MR) is 152 cm³/mol. The van der Waals surface area contributed by atoms with Crippen molar-refractivity contribution < 1.29 is 9.53 Å². The van der Waals surface area contributed by atoms with Crippen LogP contribution in [0.15, 0.2) is 79.4 Å². The van der Waals surface area contributed by atoms with Crippen LogP contribution in [0.2, 0.25) is 0 Å². The Morgan fingerprint density at radius 2 is 2.03 bits per heavy atom. The summed E-state index contributed by atoms with van der Waals surface area (Å²) in [5.74, 6) is 0.574. The van der Waals surface area contributed by atoms with Crippen LogP contribution in [-0.4, -0.2) is 48.8 Å². The number of hydrogen-bond acceptors (Lipinski definition) is 5. The summed E-state index contributed by atoms with van der Waals surface area (Å²) in [6.45, 7) is 2.96. The molecule has 1 aliphatic carbocycles. The molecule has 0 bridgehead atoms. The van der Waals surface area contributed by atoms with Crippen molar-refractivity contribution in [2.75, 3.05) is 6.54 Å². The summed E-state index contributed by atoms with van der Waals surface area (Å²) in [6, 6.07) is 20.4. The van der Waals surface area contributed by atoms with Crippen LogP contribution in [0.4, 0.5) is 0 Å². The second kappa shape index (κ2) is 9.32. The molecule has 2 aliphatic rings. The Morgan fingerprint density at radius 1 is 1.15 bits per heavy atom. The zero-order chi connectivity index (χ0) is 26.6. The molecule has 3 aromatic heterocycles. The van der Waals surface area contributed by atoms with Crippen LogP contribution in [-0.2, 0) is 5.54 Å². The lowest BCUT2D eigenvalue weighted by atomic mass is 9.94. The van der Waals surface area contributed by atoms with Gasteiger partial charge in [0.2, 0.25) is 0 Å². The number of rotatable bonds is 7. The molecular weight excluding hydrogens is 502 g/mol. The van der Waals surface area contributed by atoms with Crippen LogP contribution in [0, 0.1) is 6.92 Å². The highest BCUT2D eigenvalue weighted by Gasteiger charge is 2.47. The van der Waals surface area contributed by atoms with Crippen LogP contribution in [0.5, 0.6) is 5.75 Å². The summed E-state index contributed by atoms with van der Waals surface area (Å²) in [4.78, 5) is 23.1. The Bertz CT molecular complexity index is 1720. The van der Waals surface area contributed by atoms with Gasteiger partial charge in [-0.1, -0.05) is 18.2 Å². The third-order valence-corrected chi connectivity index (χ3v) is 8.52. The Balaban J connectivity index is 1.23. The van der Waals surface area contributed by atoms with Gasteiger partial charge in [0.1, 0.15) is 5.75 Å². The molecule has 7 rings (SSSR count). The molecule has 5 aromatic rings. The summed E-state index contributed by atoms with van der Waals surface area (Å²) in [5, 5.41) is 7.79. The minimum atomic E-state index is -0.458. The topological polar surface area (TPSA) is 80.5 Å². The van der Waals surface area contributed by atoms with Gasteiger partial charge in [0, 0.05) is 34.9 Å². The molecular formula is C31H28N5O2Si. The number of nitrogens with one attached hydrogen (secondary N) is 2. The monoisotopic (exact) mass is 530 g/mol. The fraction of sp³-hybridized carbons (Fsp3) is 0.258. The molecule has 3 radical (unpaired) electrons. The first-order valence-electron chi connectivity index (χ1n) is 13.4. The van der Waals surface area contributed by atoms with Crippen molar-refractivity contribution in [3.05, 3.63) is 96.1 Å². The molecule has 7 nitrogen and oxygen atoms in total. The van der Waals surface area contributed by atoms with E-state index in [1.165, 1.54) is 0 Å². The van der Waals surface area contributed by atoms with Crippen LogP contribution >= 0.6 is 0 Å². The molecule has 1 saturated heterocycles. The van der Waals surface area contributed by atoms with Gasteiger partial charge >= 0.3 is 0 Å². The van der Waals surface area contributed by atoms with Crippen molar-refractivity contribution in [1.82, 2.24) is 25.0 Å². The maximum atomic E-state index is 13.7. The molecule has 2 N–H and O–H groups in total. The van der Waals surface area contributed by atoms with Gasteiger partial charge in [0.25, 0.3) is 5.91 Å². The number of imidazole rings is 1. The maximum absolute atomic E-state index is 13.7. The van der Waals surface area contributed by atoms with Gasteiger partial charge in [-0.25, -0.2) is 4.98 Å². The maximum Gasteiger partial charge on any atom is 0.252 e. The lowest BCUT2D eigenvalue weighted by Gasteiger charge is -2.33. The van der Waals surface area contributed by atoms with Crippen molar-refractivity contribution in [3.63, 3.8) is 0 Å². The largest absolute Gasteiger partial charge is 0.493 e. The molecule has 8 heteroatoms. The number of fused-ring (bicyclic) bond motifs is 2. The predicted octanol–water partition coefficient (Wildman–Crippen LogP) is 4.51. The van der Waals surface area contributed by atoms with E-state index in [0.29, 0.717) is 11.3 Å². The third kappa shape index (κ3) is 4.29. The second-order valence-corrected chi connectivity index (χ2v) is 11.1. The number of amides is 1. The van der Waals surface area contributed by atoms with E-state index in [9.17, 15) is 4.79 Å². The summed E-state index contributed by atoms with van der Waals surface area (Å²) >= 11 is 0. The zero-order valence-electron chi connectivity index (χ0n) is 21.6. The SMILES string of the molecule is Cc1ccc(O[C@@H]([Si])[C@@H]2CCN2)cc1C(=O)NC1(c2cc(-c3ncn4ccccc34)cc3ncccc23)CC1. The summed E-state index contributed by atoms with van der Waals surface area (Å²) in [5.41, 5.74) is 5.82. The van der Waals surface area contributed by atoms with Gasteiger partial charge in [-0.3, -0.25) is 9.78 Å². The van der Waals surface area contributed by atoms with E-state index in [0.717, 1.165) is 64.6 Å². The first-order chi connectivity index (χ1) is 19.0. The summed E-state index contributed by atoms with van der Waals surface area (Å²) in [7, 11) is 3.68. The van der Waals surface area contributed by atoms with Crippen molar-refractivity contribution in [2.24, 2.45) is 0 Å². The number of aryl methyl sites for hydroxylation is 1. The quantitative estimate of drug-likeness (QED) is 0.303. The summed E-state index contributed by atoms with van der Waals surface area (Å²) < 4.78 is 8.11. The van der Waals surface area contributed by atoms with Crippen LogP contribution < -0.4 is 15.4 Å². The molecule has 0 unspecified atom stereocenters. The number of ether oxygens (including phenoxy) is 1. The normalized spacial score (nSPS) is 18.5. The number of nitrogens with zero attached hydrogens (tertiary/aromatic N) is 3. The molecule has 2 aromatic carbocycles. The molecule has 1 saturated carbocycles. The Morgan fingerprint density at radius 3 is 2.82 bits per heavy atom. The highest BCUT2D eigenvalue weighted by molar-refractivity contribution is 6.11. The van der Waals surface area contributed by atoms with Crippen molar-refractivity contribution in [1.29, 1.82) is 0 Å². The van der Waals surface area contributed by atoms with E-state index >= 15 is 0 Å². The van der Waals surface area contributed by atoms with E-state index < -0.39 is 5.54 Å². The molecule has 2 atom stereocenters. The van der Waals surface area contributed by atoms with Crippen molar-refractivity contribution in [2.45, 2.75) is 43.5 Å². The number of aromatic nitrogens is 3. The fourth-order valence-electron chi connectivity index (χ4n) is 5.47. The highest BCUT2D eigenvalue weighted by atomic mass is 28.1. The average Bonchev–Trinajstić information content (AvgIpc) is 3.56. The Labute approximate surface area is 230 Å². The first-order valence-corrected chi connectivity index (χ1v) is 13.9. The lowest BCUT2D eigenvalue weighted by Crippen LogP contribution is -2.53. The zero-order valence-corrected chi connectivity index (χ0v) is 22.6. The Kier molecular flexibility index (Phi) is 5.75. The lowest BCUT2D eigenvalue weighted by molar-refractivity contribution is 0.0929. The van der Waals surface area contributed by atoms with Gasteiger partial charge in [0.05, 0.1) is 44.6 Å². The van der Waals surface area contributed by atoms with Crippen molar-refractivity contribution in [3.8, 4) is 17.0 Å². The van der Waals surface area contributed by atoms with Gasteiger partial charge in [-0.15, -0.1) is 0 Å². The molecule has 1 amide bonds. The van der Waals surface area contributed by atoms with E-state index in [2.05, 4.69) is 50.1 Å². The molecule has 1 aliphatic heterocycles. The average molecular weight is 531 g/mol. The number of pyridine rings is 2. The number of benzene rings is 2. The van der Waals surface area contributed by atoms with Gasteiger partial charge < -0.3 is 19.8 Å². The molecule has 39 heavy (non-hydrogen) atoms. The van der Waals surface area contributed by atoms with E-state index in [1.54, 1.807) is 0 Å². The molecule has 2 fully saturated rings. The van der Waals surface area contributed by atoms with E-state index in [-0.39, 0.29) is 17.7 Å². The second-order valence-electron chi connectivity index (χ2n) is 10.6. The minimum Gasteiger partial charge on any atom is -0.493 e. The van der Waals surface area contributed by atoms with Crippen LogP contribution in [0.25, 0.3) is 27.7 Å². The number of carbonyl (C=O) groups excluding carboxylic acids is 1. The van der Waals surface area contributed by atoms with Gasteiger partial charge in [0.15, 0.2) is 0 Å². The number of carbonyl (C=O) groups is 1. The Hall–Kier alpha value is -4.01. The van der Waals surface area contributed by atoms with Crippen molar-refractivity contribution >= 4 is 32.6 Å². The first kappa shape index (κ1) is 24.1. The van der Waals surface area contributed by atoms with Gasteiger partial charge in [-0.2, -0.15) is 0 Å². The highest BCUT2D eigenvalue weighted by Crippen LogP contribution is 2.49. The number of hydrogen-bond donors (Lipinski definition) is 2. The molecule has 4 heterocycles. The standard InChI is InChI=1S/C31H28N5O2Si/c1-19-7-8-21(38-30(39)25-9-13-33-25)17-23(19)29(37)35-31(10-11-31)24-15-20(16-26-22(24)5-4-12-32-26)28-27-6-2-3-14-36(27)18-34-28/h2-8,12,14-18,25,30,33H,9-11,13H2,1H3,(H,35,37)/t25-,30-/m0/s1. The van der Waals surface area contributed by atoms with Gasteiger partial charge in [-0.05, 0) is 86.3 Å². The smallest absolute Gasteiger partial charge is 0.252 e. The molecule has 193 valence electrons. The minimum absolute atomic E-state index is 0.0994. The fourth-order valence-corrected chi connectivity index (χ4v) is 5.89. The summed E-state index contributed by atoms with van der Waals surface area (Å²) in [6.07, 6.45) is 8.42. The van der Waals surface area contributed by atoms with E-state index in [1.807, 2.05) is 66.4 Å². The van der Waals surface area contributed by atoms with E-state index in [4.69, 9.17) is 9.72 Å². The van der Waals surface area contributed by atoms with Crippen LogP contribution in [0.1, 0.15) is 40.7 Å². The van der Waals surface area contributed by atoms with Crippen LogP contribution in [0.3, 0.4) is 0 Å². The molecule has 0 spiro atoms.